The Morgan fingerprint density at radius 3 is 2.81 bits per heavy atom. The number of nitrogens with one attached hydrogen (secondary N) is 1. The Kier molecular flexibility index (Phi) is 3.51. The monoisotopic (exact) mass is 243 g/mol. The Labute approximate surface area is 94.7 Å². The van der Waals surface area contributed by atoms with Crippen LogP contribution in [-0.4, -0.2) is 30.0 Å². The molecule has 0 aromatic carbocycles. The molecule has 86 valence electrons. The molecule has 0 aliphatic heterocycles. The smallest absolute Gasteiger partial charge is 0.300 e. The average molecular weight is 243 g/mol. The number of aliphatic carboxylic acids is 1. The first-order valence-corrected chi connectivity index (χ1v) is 4.43. The molecule has 0 radical (unpaired) electrons. The van der Waals surface area contributed by atoms with Crippen LogP contribution in [0.3, 0.4) is 0 Å². The fourth-order valence-electron chi connectivity index (χ4n) is 0.915. The first-order valence-electron chi connectivity index (χ1n) is 4.03. The minimum atomic E-state index is -0.833. The number of thiol groups is 1. The van der Waals surface area contributed by atoms with Gasteiger partial charge in [-0.25, -0.2) is 4.98 Å². The number of rotatable bonds is 0. The Morgan fingerprint density at radius 1 is 1.69 bits per heavy atom. The lowest BCUT2D eigenvalue weighted by Crippen LogP contribution is -2.11. The van der Waals surface area contributed by atoms with E-state index < -0.39 is 5.97 Å². The maximum atomic E-state index is 11.1. The van der Waals surface area contributed by atoms with Crippen LogP contribution >= 0.6 is 12.8 Å². The molecule has 2 heterocycles. The number of aromatic nitrogens is 4. The SMILES string of the molecule is CC(=O)O.Nc1nc2c(ncn2S)c(=O)[nH]1. The summed E-state index contributed by atoms with van der Waals surface area (Å²) in [4.78, 5) is 30.1. The van der Waals surface area contributed by atoms with E-state index in [9.17, 15) is 4.79 Å². The van der Waals surface area contributed by atoms with Gasteiger partial charge in [-0.3, -0.25) is 18.5 Å². The second-order valence-corrected chi connectivity index (χ2v) is 3.16. The van der Waals surface area contributed by atoms with Crippen LogP contribution in [0.15, 0.2) is 11.1 Å². The van der Waals surface area contributed by atoms with Crippen LogP contribution in [0.2, 0.25) is 0 Å². The van der Waals surface area contributed by atoms with Crippen molar-refractivity contribution in [1.29, 1.82) is 0 Å². The topological polar surface area (TPSA) is 127 Å². The number of hydrogen-bond donors (Lipinski definition) is 4. The quantitative estimate of drug-likeness (QED) is 0.461. The van der Waals surface area contributed by atoms with Crippen molar-refractivity contribution in [2.75, 3.05) is 5.73 Å². The second kappa shape index (κ2) is 4.66. The van der Waals surface area contributed by atoms with Gasteiger partial charge in [0.1, 0.15) is 6.33 Å². The van der Waals surface area contributed by atoms with E-state index in [4.69, 9.17) is 15.6 Å². The largest absolute Gasteiger partial charge is 0.481 e. The van der Waals surface area contributed by atoms with Crippen LogP contribution in [0.4, 0.5) is 5.95 Å². The van der Waals surface area contributed by atoms with Crippen LogP contribution in [0.25, 0.3) is 11.2 Å². The standard InChI is InChI=1S/C5H5N5OS.C2H4O2/c6-5-8-3-2(4(11)9-5)7-1-10(3)12;1-2(3)4/h1,12H,(H3,6,8,9,11);1H3,(H,3,4). The number of imidazole rings is 1. The van der Waals surface area contributed by atoms with Gasteiger partial charge in [-0.1, -0.05) is 12.8 Å². The van der Waals surface area contributed by atoms with E-state index in [1.165, 1.54) is 10.3 Å². The minimum Gasteiger partial charge on any atom is -0.481 e. The van der Waals surface area contributed by atoms with Gasteiger partial charge < -0.3 is 10.8 Å². The lowest BCUT2D eigenvalue weighted by atomic mass is 10.5. The van der Waals surface area contributed by atoms with Crippen molar-refractivity contribution in [2.45, 2.75) is 6.92 Å². The molecule has 0 saturated carbocycles. The molecule has 0 bridgehead atoms. The molecule has 9 heteroatoms. The van der Waals surface area contributed by atoms with Gasteiger partial charge in [0.25, 0.3) is 11.5 Å². The third kappa shape index (κ3) is 2.73. The number of carboxylic acid groups (broad SMARTS) is 1. The van der Waals surface area contributed by atoms with Crippen molar-refractivity contribution in [3.05, 3.63) is 16.7 Å². The molecule has 0 unspecified atom stereocenters. The predicted molar refractivity (Wildman–Crippen MR) is 60.3 cm³/mol. The normalized spacial score (nSPS) is 9.62. The molecule has 0 amide bonds. The third-order valence-electron chi connectivity index (χ3n) is 1.41. The molecule has 2 aromatic heterocycles. The van der Waals surface area contributed by atoms with Gasteiger partial charge in [0.15, 0.2) is 11.2 Å². The molecule has 16 heavy (non-hydrogen) atoms. The van der Waals surface area contributed by atoms with Crippen molar-refractivity contribution >= 4 is 35.9 Å². The third-order valence-corrected chi connectivity index (χ3v) is 1.70. The zero-order chi connectivity index (χ0) is 12.3. The summed E-state index contributed by atoms with van der Waals surface area (Å²) in [5.74, 6) is -0.775. The highest BCUT2D eigenvalue weighted by atomic mass is 32.1. The van der Waals surface area contributed by atoms with Crippen molar-refractivity contribution in [3.8, 4) is 0 Å². The molecule has 0 aliphatic carbocycles. The first kappa shape index (κ1) is 12.0. The van der Waals surface area contributed by atoms with Crippen LogP contribution in [0, 0.1) is 0 Å². The number of hydrogen-bond acceptors (Lipinski definition) is 6. The summed E-state index contributed by atoms with van der Waals surface area (Å²) in [6.07, 6.45) is 1.38. The zero-order valence-corrected chi connectivity index (χ0v) is 9.10. The zero-order valence-electron chi connectivity index (χ0n) is 8.21. The molecule has 0 spiro atoms. The molecule has 2 aromatic rings. The molecule has 0 saturated heterocycles. The van der Waals surface area contributed by atoms with Gasteiger partial charge in [0.05, 0.1) is 0 Å². The number of nitrogens with zero attached hydrogens (tertiary/aromatic N) is 3. The van der Waals surface area contributed by atoms with Crippen LogP contribution < -0.4 is 11.3 Å². The summed E-state index contributed by atoms with van der Waals surface area (Å²) in [5.41, 5.74) is 5.55. The van der Waals surface area contributed by atoms with Crippen LogP contribution in [0.5, 0.6) is 0 Å². The minimum absolute atomic E-state index is 0.0586. The van der Waals surface area contributed by atoms with Gasteiger partial charge in [-0.05, 0) is 0 Å². The summed E-state index contributed by atoms with van der Waals surface area (Å²) in [5, 5.41) is 7.42. The highest BCUT2D eigenvalue weighted by Crippen LogP contribution is 2.06. The maximum absolute atomic E-state index is 11.1. The van der Waals surface area contributed by atoms with E-state index in [1.807, 2.05) is 0 Å². The molecular formula is C7H9N5O3S. The molecule has 0 fully saturated rings. The Balaban J connectivity index is 0.000000280. The fraction of sp³-hybridized carbons (Fsp3) is 0.143. The van der Waals surface area contributed by atoms with Gasteiger partial charge in [0, 0.05) is 6.92 Å². The second-order valence-electron chi connectivity index (χ2n) is 2.73. The van der Waals surface area contributed by atoms with E-state index in [0.717, 1.165) is 6.92 Å². The molecule has 2 rings (SSSR count). The van der Waals surface area contributed by atoms with Gasteiger partial charge in [-0.15, -0.1) is 0 Å². The average Bonchev–Trinajstić information content (AvgIpc) is 2.47. The summed E-state index contributed by atoms with van der Waals surface area (Å²) in [6, 6.07) is 0. The lowest BCUT2D eigenvalue weighted by Gasteiger charge is -1.92. The predicted octanol–water partition coefficient (Wildman–Crippen LogP) is -0.514. The first-order chi connectivity index (χ1) is 7.41. The molecule has 0 atom stereocenters. The van der Waals surface area contributed by atoms with Crippen LogP contribution in [-0.2, 0) is 4.79 Å². The summed E-state index contributed by atoms with van der Waals surface area (Å²) >= 11 is 3.98. The van der Waals surface area contributed by atoms with Gasteiger partial charge in [0.2, 0.25) is 5.95 Å². The molecule has 8 nitrogen and oxygen atoms in total. The number of nitrogens with two attached hydrogens (primary N) is 1. The maximum Gasteiger partial charge on any atom is 0.300 e. The Bertz CT molecular complexity index is 571. The van der Waals surface area contributed by atoms with Crippen molar-refractivity contribution < 1.29 is 9.90 Å². The number of nitrogen functional groups attached to an aromatic ring is 1. The van der Waals surface area contributed by atoms with E-state index >= 15 is 0 Å². The van der Waals surface area contributed by atoms with E-state index in [1.54, 1.807) is 0 Å². The number of H-pyrrole nitrogens is 1. The molecule has 0 aliphatic rings. The van der Waals surface area contributed by atoms with Crippen molar-refractivity contribution in [2.24, 2.45) is 0 Å². The number of carboxylic acids is 1. The fourth-order valence-corrected chi connectivity index (χ4v) is 1.11. The van der Waals surface area contributed by atoms with Crippen molar-refractivity contribution in [1.82, 2.24) is 18.9 Å². The van der Waals surface area contributed by atoms with Gasteiger partial charge in [-0.2, -0.15) is 4.98 Å². The summed E-state index contributed by atoms with van der Waals surface area (Å²) < 4.78 is 1.33. The summed E-state index contributed by atoms with van der Waals surface area (Å²) in [7, 11) is 0. The Morgan fingerprint density at radius 2 is 2.25 bits per heavy atom. The summed E-state index contributed by atoms with van der Waals surface area (Å²) in [6.45, 7) is 1.08. The highest BCUT2D eigenvalue weighted by Gasteiger charge is 2.06. The number of carbonyl (C=O) groups is 1. The number of fused-ring (bicyclic) bond motifs is 1. The Hall–Kier alpha value is -2.03. The van der Waals surface area contributed by atoms with E-state index in [0.29, 0.717) is 5.65 Å². The van der Waals surface area contributed by atoms with E-state index in [2.05, 4.69) is 27.8 Å². The lowest BCUT2D eigenvalue weighted by molar-refractivity contribution is -0.134. The highest BCUT2D eigenvalue weighted by molar-refractivity contribution is 7.78. The van der Waals surface area contributed by atoms with Crippen molar-refractivity contribution in [3.63, 3.8) is 0 Å². The number of aromatic amines is 1. The van der Waals surface area contributed by atoms with Crippen LogP contribution in [0.1, 0.15) is 6.92 Å². The number of anilines is 1. The van der Waals surface area contributed by atoms with E-state index in [-0.39, 0.29) is 17.0 Å². The molecule has 4 N–H and O–H groups in total. The van der Waals surface area contributed by atoms with Gasteiger partial charge >= 0.3 is 0 Å². The molecular weight excluding hydrogens is 234 g/mol.